The summed E-state index contributed by atoms with van der Waals surface area (Å²) in [5.41, 5.74) is 5.02. The van der Waals surface area contributed by atoms with Crippen molar-refractivity contribution in [3.63, 3.8) is 0 Å². The van der Waals surface area contributed by atoms with Crippen LogP contribution in [0, 0.1) is 5.92 Å². The minimum Gasteiger partial charge on any atom is -0.350 e. The Morgan fingerprint density at radius 1 is 1.23 bits per heavy atom. The maximum atomic E-state index is 12.4. The van der Waals surface area contributed by atoms with Crippen molar-refractivity contribution < 1.29 is 4.79 Å². The van der Waals surface area contributed by atoms with Gasteiger partial charge in [-0.2, -0.15) is 10.2 Å². The van der Waals surface area contributed by atoms with Crippen LogP contribution >= 0.6 is 0 Å². The summed E-state index contributed by atoms with van der Waals surface area (Å²) < 4.78 is 1.91. The van der Waals surface area contributed by atoms with Gasteiger partial charge in [-0.1, -0.05) is 13.8 Å². The molecule has 7 nitrogen and oxygen atoms in total. The smallest absolute Gasteiger partial charge is 0.271 e. The molecule has 3 aromatic rings. The summed E-state index contributed by atoms with van der Waals surface area (Å²) in [6.07, 6.45) is 10.1. The van der Waals surface area contributed by atoms with E-state index in [1.54, 1.807) is 0 Å². The van der Waals surface area contributed by atoms with Gasteiger partial charge in [0.1, 0.15) is 5.69 Å². The number of hydrogen-bond acceptors (Lipinski definition) is 4. The third kappa shape index (κ3) is 4.45. The number of aromatic amines is 1. The predicted molar refractivity (Wildman–Crippen MR) is 116 cm³/mol. The first-order valence-corrected chi connectivity index (χ1v) is 10.8. The van der Waals surface area contributed by atoms with Crippen LogP contribution in [0.5, 0.6) is 0 Å². The average Bonchev–Trinajstić information content (AvgIpc) is 3.40. The Morgan fingerprint density at radius 2 is 1.97 bits per heavy atom. The van der Waals surface area contributed by atoms with E-state index in [1.165, 1.54) is 16.8 Å². The Balaban J connectivity index is 1.33. The second kappa shape index (κ2) is 8.81. The van der Waals surface area contributed by atoms with Gasteiger partial charge in [-0.15, -0.1) is 0 Å². The number of aryl methyl sites for hydroxylation is 1. The molecule has 3 aromatic heterocycles. The van der Waals surface area contributed by atoms with Gasteiger partial charge in [-0.05, 0) is 61.3 Å². The number of carbonyl (C=O) groups is 1. The van der Waals surface area contributed by atoms with Gasteiger partial charge in [0.2, 0.25) is 0 Å². The van der Waals surface area contributed by atoms with Gasteiger partial charge in [0.05, 0.1) is 5.69 Å². The minimum atomic E-state index is -0.0926. The molecule has 0 saturated heterocycles. The van der Waals surface area contributed by atoms with Crippen LogP contribution in [0.1, 0.15) is 73.2 Å². The lowest BCUT2D eigenvalue weighted by Gasteiger charge is -2.28. The molecule has 1 fully saturated rings. The second-order valence-electron chi connectivity index (χ2n) is 8.63. The van der Waals surface area contributed by atoms with Crippen molar-refractivity contribution in [1.29, 1.82) is 0 Å². The molecular weight excluding hydrogens is 376 g/mol. The molecule has 30 heavy (non-hydrogen) atoms. The molecule has 1 saturated carbocycles. The number of aromatic nitrogens is 5. The molecule has 0 bridgehead atoms. The molecule has 3 heterocycles. The molecule has 0 aromatic carbocycles. The maximum Gasteiger partial charge on any atom is 0.271 e. The summed E-state index contributed by atoms with van der Waals surface area (Å²) in [6.45, 7) is 4.86. The van der Waals surface area contributed by atoms with Crippen LogP contribution in [-0.2, 0) is 7.05 Å². The number of pyridine rings is 1. The van der Waals surface area contributed by atoms with Gasteiger partial charge in [-0.25, -0.2) is 0 Å². The Hall–Kier alpha value is -2.96. The van der Waals surface area contributed by atoms with Crippen LogP contribution in [0.3, 0.4) is 0 Å². The number of hydrogen-bond donors (Lipinski definition) is 2. The van der Waals surface area contributed by atoms with E-state index in [1.807, 2.05) is 42.3 Å². The highest BCUT2D eigenvalue weighted by atomic mass is 16.1. The molecule has 0 atom stereocenters. The zero-order chi connectivity index (χ0) is 21.1. The SMILES string of the molecule is CC(C)c1cc(C(=O)NCC2CCC(c3nn(C)cc3-c3ccncc3)CC2)n[nH]1. The molecule has 4 rings (SSSR count). The van der Waals surface area contributed by atoms with Gasteiger partial charge in [0, 0.05) is 49.4 Å². The van der Waals surface area contributed by atoms with Crippen LogP contribution in [0.15, 0.2) is 36.8 Å². The van der Waals surface area contributed by atoms with E-state index in [0.717, 1.165) is 31.4 Å². The van der Waals surface area contributed by atoms with Crippen molar-refractivity contribution in [3.05, 3.63) is 53.9 Å². The molecule has 0 spiro atoms. The largest absolute Gasteiger partial charge is 0.350 e. The van der Waals surface area contributed by atoms with Crippen LogP contribution in [-0.4, -0.2) is 37.4 Å². The molecule has 0 unspecified atom stereocenters. The van der Waals surface area contributed by atoms with Crippen molar-refractivity contribution >= 4 is 5.91 Å². The molecule has 1 aliphatic carbocycles. The fraction of sp³-hybridized carbons (Fsp3) is 0.478. The summed E-state index contributed by atoms with van der Waals surface area (Å²) in [5.74, 6) is 1.20. The van der Waals surface area contributed by atoms with E-state index >= 15 is 0 Å². The molecule has 0 aliphatic heterocycles. The van der Waals surface area contributed by atoms with E-state index in [2.05, 4.69) is 40.5 Å². The third-order valence-electron chi connectivity index (χ3n) is 6.09. The van der Waals surface area contributed by atoms with Crippen LogP contribution < -0.4 is 5.32 Å². The Morgan fingerprint density at radius 3 is 2.63 bits per heavy atom. The van der Waals surface area contributed by atoms with Crippen LogP contribution in [0.2, 0.25) is 0 Å². The van der Waals surface area contributed by atoms with E-state index < -0.39 is 0 Å². The predicted octanol–water partition coefficient (Wildman–Crippen LogP) is 4.03. The number of carbonyl (C=O) groups excluding carboxylic acids is 1. The van der Waals surface area contributed by atoms with Gasteiger partial charge >= 0.3 is 0 Å². The second-order valence-corrected chi connectivity index (χ2v) is 8.63. The molecule has 1 amide bonds. The molecular formula is C23H30N6O. The van der Waals surface area contributed by atoms with E-state index in [4.69, 9.17) is 5.10 Å². The summed E-state index contributed by atoms with van der Waals surface area (Å²) in [6, 6.07) is 5.93. The zero-order valence-corrected chi connectivity index (χ0v) is 17.9. The number of H-pyrrole nitrogens is 1. The molecule has 7 heteroatoms. The summed E-state index contributed by atoms with van der Waals surface area (Å²) in [4.78, 5) is 16.5. The van der Waals surface area contributed by atoms with Gasteiger partial charge in [0.15, 0.2) is 0 Å². The van der Waals surface area contributed by atoms with Crippen LogP contribution in [0.4, 0.5) is 0 Å². The van der Waals surface area contributed by atoms with Crippen molar-refractivity contribution in [2.45, 2.75) is 51.4 Å². The minimum absolute atomic E-state index is 0.0926. The topological polar surface area (TPSA) is 88.5 Å². The monoisotopic (exact) mass is 406 g/mol. The van der Waals surface area contributed by atoms with Crippen molar-refractivity contribution in [1.82, 2.24) is 30.3 Å². The fourth-order valence-electron chi connectivity index (χ4n) is 4.28. The van der Waals surface area contributed by atoms with E-state index in [-0.39, 0.29) is 5.91 Å². The van der Waals surface area contributed by atoms with Gasteiger partial charge < -0.3 is 5.32 Å². The number of rotatable bonds is 6. The zero-order valence-electron chi connectivity index (χ0n) is 17.9. The standard InChI is InChI=1S/C23H30N6O/c1-15(2)20-12-21(27-26-20)23(30)25-13-16-4-6-18(7-5-16)22-19(14-29(3)28-22)17-8-10-24-11-9-17/h8-12,14-16,18H,4-7,13H2,1-3H3,(H,25,30)(H,26,27). The molecule has 2 N–H and O–H groups in total. The summed E-state index contributed by atoms with van der Waals surface area (Å²) in [7, 11) is 1.98. The van der Waals surface area contributed by atoms with Crippen molar-refractivity contribution in [2.75, 3.05) is 6.54 Å². The van der Waals surface area contributed by atoms with Gasteiger partial charge in [-0.3, -0.25) is 19.6 Å². The first-order chi connectivity index (χ1) is 14.5. The number of nitrogens with one attached hydrogen (secondary N) is 2. The lowest BCUT2D eigenvalue weighted by atomic mass is 9.79. The van der Waals surface area contributed by atoms with Crippen LogP contribution in [0.25, 0.3) is 11.1 Å². The maximum absolute atomic E-state index is 12.4. The van der Waals surface area contributed by atoms with Crippen molar-refractivity contribution in [3.8, 4) is 11.1 Å². The highest BCUT2D eigenvalue weighted by Gasteiger charge is 2.27. The molecule has 1 aliphatic rings. The Bertz CT molecular complexity index is 982. The first-order valence-electron chi connectivity index (χ1n) is 10.8. The first kappa shape index (κ1) is 20.3. The Kier molecular flexibility index (Phi) is 5.97. The quantitative estimate of drug-likeness (QED) is 0.647. The van der Waals surface area contributed by atoms with E-state index in [9.17, 15) is 4.79 Å². The summed E-state index contributed by atoms with van der Waals surface area (Å²) in [5, 5.41) is 14.9. The average molecular weight is 407 g/mol. The highest BCUT2D eigenvalue weighted by Crippen LogP contribution is 2.39. The fourth-order valence-corrected chi connectivity index (χ4v) is 4.28. The summed E-state index contributed by atoms with van der Waals surface area (Å²) >= 11 is 0. The molecule has 0 radical (unpaired) electrons. The van der Waals surface area contributed by atoms with Crippen molar-refractivity contribution in [2.24, 2.45) is 13.0 Å². The lowest BCUT2D eigenvalue weighted by molar-refractivity contribution is 0.0937. The Labute approximate surface area is 177 Å². The molecule has 158 valence electrons. The number of amides is 1. The van der Waals surface area contributed by atoms with Gasteiger partial charge in [0.25, 0.3) is 5.91 Å². The van der Waals surface area contributed by atoms with E-state index in [0.29, 0.717) is 30.0 Å². The number of nitrogens with zero attached hydrogens (tertiary/aromatic N) is 4. The third-order valence-corrected chi connectivity index (χ3v) is 6.09. The normalized spacial score (nSPS) is 19.2. The lowest BCUT2D eigenvalue weighted by Crippen LogP contribution is -2.31. The highest BCUT2D eigenvalue weighted by molar-refractivity contribution is 5.92.